The van der Waals surface area contributed by atoms with E-state index in [2.05, 4.69) is 32.5 Å². The highest BCUT2D eigenvalue weighted by Crippen LogP contribution is 2.65. The molecular weight excluding hydrogens is 686 g/mol. The molecule has 0 spiro atoms. The Labute approximate surface area is 310 Å². The van der Waals surface area contributed by atoms with Crippen LogP contribution in [0.15, 0.2) is 121 Å². The minimum absolute atomic E-state index is 0.161. The molecule has 4 aromatic carbocycles. The second-order valence-electron chi connectivity index (χ2n) is 13.4. The van der Waals surface area contributed by atoms with Gasteiger partial charge >= 0.3 is 0 Å². The third-order valence-electron chi connectivity index (χ3n) is 10.0. The fourth-order valence-corrected chi connectivity index (χ4v) is 15.3. The van der Waals surface area contributed by atoms with Crippen LogP contribution in [0, 0.1) is 0 Å². The van der Waals surface area contributed by atoms with Crippen molar-refractivity contribution in [1.82, 2.24) is 0 Å². The van der Waals surface area contributed by atoms with E-state index in [1.165, 1.54) is 0 Å². The van der Waals surface area contributed by atoms with Gasteiger partial charge in [0, 0.05) is 61.8 Å². The molecule has 0 bridgehead atoms. The maximum atomic E-state index is 14.7. The molecule has 6 rings (SSSR count). The third kappa shape index (κ3) is 8.56. The lowest BCUT2D eigenvalue weighted by atomic mass is 10.2. The molecule has 0 amide bonds. The van der Waals surface area contributed by atoms with Crippen LogP contribution in [-0.2, 0) is 18.7 Å². The molecule has 2 aliphatic heterocycles. The van der Waals surface area contributed by atoms with Gasteiger partial charge in [-0.25, -0.2) is 0 Å². The van der Waals surface area contributed by atoms with Crippen molar-refractivity contribution in [2.75, 3.05) is 44.9 Å². The summed E-state index contributed by atoms with van der Waals surface area (Å²) in [6.45, 7) is 7.20. The Morgan fingerprint density at radius 2 is 0.731 bits per heavy atom. The monoisotopic (exact) mass is 740 g/mol. The standard InChI is InChI=1S/2C21H27N2O2P/c2*1-2-10-21(15-18-24)26(25)22(19-11-5-3-6-12-19)16-9-17-23(26)20-13-7-4-8-14-20/h2*3-8,11-14,18,21H,2,9-10,15-17H2,1H3. The Hall–Kier alpha value is -4.12. The topological polar surface area (TPSA) is 81.2 Å². The predicted octanol–water partition coefficient (Wildman–Crippen LogP) is 10.7. The van der Waals surface area contributed by atoms with E-state index < -0.39 is 14.9 Å². The molecule has 0 aromatic heterocycles. The highest BCUT2D eigenvalue weighted by Gasteiger charge is 2.47. The van der Waals surface area contributed by atoms with Gasteiger partial charge in [-0.3, -0.25) is 9.13 Å². The van der Waals surface area contributed by atoms with Crippen molar-refractivity contribution >= 4 is 50.2 Å². The van der Waals surface area contributed by atoms with Gasteiger partial charge in [0.25, 0.3) is 14.9 Å². The van der Waals surface area contributed by atoms with Crippen LogP contribution in [0.1, 0.15) is 65.2 Å². The van der Waals surface area contributed by atoms with Crippen molar-refractivity contribution in [2.45, 2.75) is 76.5 Å². The van der Waals surface area contributed by atoms with Crippen LogP contribution >= 0.6 is 14.9 Å². The number of nitrogens with zero attached hydrogens (tertiary/aromatic N) is 4. The lowest BCUT2D eigenvalue weighted by Gasteiger charge is -2.48. The summed E-state index contributed by atoms with van der Waals surface area (Å²) in [7, 11) is -5.97. The molecule has 276 valence electrons. The Morgan fingerprint density at radius 3 is 0.942 bits per heavy atom. The number of aldehydes is 2. The number of benzene rings is 4. The van der Waals surface area contributed by atoms with Crippen molar-refractivity contribution in [1.29, 1.82) is 0 Å². The maximum absolute atomic E-state index is 14.7. The van der Waals surface area contributed by atoms with Gasteiger partial charge in [-0.1, -0.05) is 99.5 Å². The molecule has 4 aromatic rings. The largest absolute Gasteiger partial charge is 0.306 e. The molecule has 0 N–H and O–H groups in total. The molecule has 2 heterocycles. The predicted molar refractivity (Wildman–Crippen MR) is 218 cm³/mol. The fraction of sp³-hybridized carbons (Fsp3) is 0.381. The summed E-state index contributed by atoms with van der Waals surface area (Å²) in [5, 5.41) is 0. The first kappa shape index (κ1) is 39.1. The SMILES string of the molecule is CCCC(CC=O)P1(=O)N(c2ccccc2)CCCN1c1ccccc1.CCCC(CC=O)P1(=O)N(c2ccccc2)CCCN1c1ccccc1. The molecule has 52 heavy (non-hydrogen) atoms. The second kappa shape index (κ2) is 19.1. The first-order chi connectivity index (χ1) is 25.4. The van der Waals surface area contributed by atoms with Crippen LogP contribution < -0.4 is 18.7 Å². The number of carbonyl (C=O) groups is 2. The molecular formula is C42H54N4O4P2. The number of hydrogen-bond donors (Lipinski definition) is 0. The lowest BCUT2D eigenvalue weighted by Crippen LogP contribution is -2.43. The summed E-state index contributed by atoms with van der Waals surface area (Å²) in [5.41, 5.74) is 3.58. The van der Waals surface area contributed by atoms with Gasteiger partial charge in [-0.2, -0.15) is 0 Å². The van der Waals surface area contributed by atoms with Crippen LogP contribution in [0.25, 0.3) is 0 Å². The summed E-state index contributed by atoms with van der Waals surface area (Å²) >= 11 is 0. The average Bonchev–Trinajstić information content (AvgIpc) is 3.19. The fourth-order valence-electron chi connectivity index (χ4n) is 7.68. The lowest BCUT2D eigenvalue weighted by molar-refractivity contribution is -0.108. The van der Waals surface area contributed by atoms with Crippen LogP contribution in [0.2, 0.25) is 0 Å². The van der Waals surface area contributed by atoms with Crippen molar-refractivity contribution < 1.29 is 18.7 Å². The van der Waals surface area contributed by atoms with Gasteiger partial charge in [0.2, 0.25) is 0 Å². The number of para-hydroxylation sites is 4. The molecule has 2 unspecified atom stereocenters. The van der Waals surface area contributed by atoms with Crippen LogP contribution in [0.4, 0.5) is 22.7 Å². The van der Waals surface area contributed by atoms with Crippen molar-refractivity contribution in [3.05, 3.63) is 121 Å². The first-order valence-corrected chi connectivity index (χ1v) is 22.2. The van der Waals surface area contributed by atoms with Crippen LogP contribution in [-0.4, -0.2) is 50.1 Å². The number of carbonyl (C=O) groups excluding carboxylic acids is 2. The van der Waals surface area contributed by atoms with E-state index in [0.29, 0.717) is 12.8 Å². The van der Waals surface area contributed by atoms with Gasteiger partial charge in [0.05, 0.1) is 11.3 Å². The molecule has 2 fully saturated rings. The highest BCUT2D eigenvalue weighted by atomic mass is 31.2. The van der Waals surface area contributed by atoms with E-state index in [0.717, 1.165) is 100 Å². The van der Waals surface area contributed by atoms with Gasteiger partial charge in [-0.15, -0.1) is 0 Å². The van der Waals surface area contributed by atoms with Gasteiger partial charge in [0.1, 0.15) is 12.6 Å². The van der Waals surface area contributed by atoms with Crippen LogP contribution in [0.5, 0.6) is 0 Å². The van der Waals surface area contributed by atoms with Crippen LogP contribution in [0.3, 0.4) is 0 Å². The maximum Gasteiger partial charge on any atom is 0.266 e. The van der Waals surface area contributed by atoms with E-state index in [9.17, 15) is 18.7 Å². The first-order valence-electron chi connectivity index (χ1n) is 18.8. The minimum atomic E-state index is -2.99. The zero-order valence-corrected chi connectivity index (χ0v) is 32.4. The zero-order chi connectivity index (χ0) is 36.8. The van der Waals surface area contributed by atoms with Gasteiger partial charge < -0.3 is 28.3 Å². The Balaban J connectivity index is 0.000000201. The molecule has 10 heteroatoms. The smallest absolute Gasteiger partial charge is 0.266 e. The van der Waals surface area contributed by atoms with E-state index in [4.69, 9.17) is 0 Å². The minimum Gasteiger partial charge on any atom is -0.306 e. The number of anilines is 4. The Morgan fingerprint density at radius 1 is 0.481 bits per heavy atom. The molecule has 0 saturated carbocycles. The molecule has 2 saturated heterocycles. The second-order valence-corrected chi connectivity index (χ2v) is 19.2. The summed E-state index contributed by atoms with van der Waals surface area (Å²) in [4.78, 5) is 22.8. The third-order valence-corrected chi connectivity index (χ3v) is 17.3. The quantitative estimate of drug-likeness (QED) is 0.0934. The highest BCUT2D eigenvalue weighted by molar-refractivity contribution is 7.68. The number of hydrogen-bond acceptors (Lipinski definition) is 4. The van der Waals surface area contributed by atoms with E-state index in [1.54, 1.807) is 0 Å². The zero-order valence-electron chi connectivity index (χ0n) is 30.7. The van der Waals surface area contributed by atoms with Gasteiger partial charge in [-0.05, 0) is 74.2 Å². The Kier molecular flexibility index (Phi) is 14.4. The molecule has 8 nitrogen and oxygen atoms in total. The summed E-state index contributed by atoms with van der Waals surface area (Å²) < 4.78 is 37.6. The summed E-state index contributed by atoms with van der Waals surface area (Å²) in [5.74, 6) is 0. The molecule has 0 aliphatic carbocycles. The summed E-state index contributed by atoms with van der Waals surface area (Å²) in [6.07, 6.45) is 7.78. The van der Waals surface area contributed by atoms with Crippen molar-refractivity contribution in [2.24, 2.45) is 0 Å². The van der Waals surface area contributed by atoms with Crippen molar-refractivity contribution in [3.63, 3.8) is 0 Å². The van der Waals surface area contributed by atoms with E-state index in [1.807, 2.05) is 121 Å². The van der Waals surface area contributed by atoms with Crippen molar-refractivity contribution in [3.8, 4) is 0 Å². The molecule has 2 aliphatic rings. The van der Waals surface area contributed by atoms with Gasteiger partial charge in [0.15, 0.2) is 0 Å². The molecule has 0 radical (unpaired) electrons. The normalized spacial score (nSPS) is 17.7. The summed E-state index contributed by atoms with van der Waals surface area (Å²) in [6, 6.07) is 39.9. The molecule has 2 atom stereocenters. The Bertz CT molecular complexity index is 1530. The average molecular weight is 741 g/mol. The van der Waals surface area contributed by atoms with E-state index >= 15 is 0 Å². The number of rotatable bonds is 14. The van der Waals surface area contributed by atoms with E-state index in [-0.39, 0.29) is 11.3 Å².